The monoisotopic (exact) mass is 411 g/mol. The van der Waals surface area contributed by atoms with Gasteiger partial charge in [0.15, 0.2) is 18.1 Å². The van der Waals surface area contributed by atoms with E-state index in [0.29, 0.717) is 33.9 Å². The Morgan fingerprint density at radius 3 is 2.61 bits per heavy atom. The Bertz CT molecular complexity index is 1240. The molecular weight excluding hydrogens is 394 g/mol. The Hall–Kier alpha value is -4.37. The third-order valence-corrected chi connectivity index (χ3v) is 4.77. The normalized spacial score (nSPS) is 13.3. The summed E-state index contributed by atoms with van der Waals surface area (Å²) in [4.78, 5) is 25.0. The molecule has 3 aromatic carbocycles. The molecule has 0 N–H and O–H groups in total. The number of Topliss-reactive ketones (excluding diaryl/α,β-unsaturated/α-hetero) is 2. The average Bonchev–Trinajstić information content (AvgIpc) is 3.12. The smallest absolute Gasteiger partial charge is 0.231 e. The van der Waals surface area contributed by atoms with Gasteiger partial charge in [-0.05, 0) is 48.5 Å². The molecule has 6 heteroatoms. The number of para-hydroxylation sites is 1. The fraction of sp³-hybridized carbons (Fsp3) is 0.0800. The summed E-state index contributed by atoms with van der Waals surface area (Å²) in [5, 5.41) is 8.84. The van der Waals surface area contributed by atoms with Crippen molar-refractivity contribution in [2.24, 2.45) is 0 Å². The second kappa shape index (κ2) is 8.56. The first kappa shape index (κ1) is 19.9. The molecule has 31 heavy (non-hydrogen) atoms. The number of carbonyl (C=O) groups is 2. The lowest BCUT2D eigenvalue weighted by atomic mass is 10.1. The summed E-state index contributed by atoms with van der Waals surface area (Å²) in [6, 6.07) is 20.5. The molecule has 0 unspecified atom stereocenters. The van der Waals surface area contributed by atoms with Gasteiger partial charge in [0.1, 0.15) is 17.2 Å². The molecule has 0 saturated heterocycles. The van der Waals surface area contributed by atoms with Gasteiger partial charge in [-0.25, -0.2) is 0 Å². The van der Waals surface area contributed by atoms with Crippen LogP contribution in [0, 0.1) is 11.3 Å². The molecule has 0 bridgehead atoms. The quantitative estimate of drug-likeness (QED) is 0.440. The van der Waals surface area contributed by atoms with E-state index in [1.165, 1.54) is 0 Å². The van der Waals surface area contributed by atoms with Gasteiger partial charge in [-0.3, -0.25) is 9.59 Å². The van der Waals surface area contributed by atoms with Crippen molar-refractivity contribution in [1.82, 2.24) is 0 Å². The van der Waals surface area contributed by atoms with Crippen molar-refractivity contribution < 1.29 is 23.8 Å². The average molecular weight is 411 g/mol. The maximum absolute atomic E-state index is 12.7. The van der Waals surface area contributed by atoms with Crippen LogP contribution in [0.2, 0.25) is 0 Å². The van der Waals surface area contributed by atoms with Crippen LogP contribution < -0.4 is 14.2 Å². The van der Waals surface area contributed by atoms with Crippen molar-refractivity contribution in [1.29, 1.82) is 5.26 Å². The van der Waals surface area contributed by atoms with E-state index < -0.39 is 0 Å². The minimum Gasteiger partial charge on any atom is -0.496 e. The van der Waals surface area contributed by atoms with Gasteiger partial charge < -0.3 is 14.2 Å². The highest BCUT2D eigenvalue weighted by atomic mass is 16.5. The maximum Gasteiger partial charge on any atom is 0.231 e. The predicted octanol–water partition coefficient (Wildman–Crippen LogP) is 4.44. The van der Waals surface area contributed by atoms with Crippen LogP contribution in [0.1, 0.15) is 31.8 Å². The molecule has 6 nitrogen and oxygen atoms in total. The number of ketones is 2. The summed E-state index contributed by atoms with van der Waals surface area (Å²) < 4.78 is 16.6. The molecule has 0 aliphatic carbocycles. The Labute approximate surface area is 178 Å². The Kier molecular flexibility index (Phi) is 5.50. The summed E-state index contributed by atoms with van der Waals surface area (Å²) in [5.41, 5.74) is 2.08. The molecule has 1 aliphatic rings. The van der Waals surface area contributed by atoms with Gasteiger partial charge in [0, 0.05) is 17.2 Å². The zero-order valence-electron chi connectivity index (χ0n) is 16.6. The number of nitriles is 1. The van der Waals surface area contributed by atoms with Gasteiger partial charge >= 0.3 is 0 Å². The van der Waals surface area contributed by atoms with Gasteiger partial charge in [0.05, 0.1) is 24.3 Å². The van der Waals surface area contributed by atoms with Crippen LogP contribution in [0.25, 0.3) is 6.08 Å². The summed E-state index contributed by atoms with van der Waals surface area (Å²) in [6.45, 7) is -0.178. The van der Waals surface area contributed by atoms with Crippen LogP contribution in [-0.4, -0.2) is 25.3 Å². The number of nitrogens with zero attached hydrogens (tertiary/aromatic N) is 1. The molecule has 0 aromatic heterocycles. The minimum atomic E-state index is -0.235. The Morgan fingerprint density at radius 2 is 1.87 bits per heavy atom. The molecule has 4 rings (SSSR count). The van der Waals surface area contributed by atoms with Crippen molar-refractivity contribution in [3.05, 3.63) is 94.7 Å². The zero-order chi connectivity index (χ0) is 21.8. The number of allylic oxidation sites excluding steroid dienone is 1. The van der Waals surface area contributed by atoms with Crippen LogP contribution in [-0.2, 0) is 0 Å². The maximum atomic E-state index is 12.7. The largest absolute Gasteiger partial charge is 0.496 e. The first-order valence-corrected chi connectivity index (χ1v) is 9.46. The predicted molar refractivity (Wildman–Crippen MR) is 113 cm³/mol. The van der Waals surface area contributed by atoms with Crippen molar-refractivity contribution in [3.63, 3.8) is 0 Å². The van der Waals surface area contributed by atoms with Gasteiger partial charge in [0.25, 0.3) is 0 Å². The second-order valence-electron chi connectivity index (χ2n) is 6.74. The lowest BCUT2D eigenvalue weighted by Crippen LogP contribution is -2.11. The third kappa shape index (κ3) is 4.16. The fourth-order valence-corrected chi connectivity index (χ4v) is 3.15. The van der Waals surface area contributed by atoms with E-state index in [2.05, 4.69) is 0 Å². The van der Waals surface area contributed by atoms with E-state index in [9.17, 15) is 9.59 Å². The SMILES string of the molecule is COc1ccccc1C=C1Oc2cc(OCC(=O)c3ccc(C#N)cc3)ccc2C1=O. The van der Waals surface area contributed by atoms with E-state index >= 15 is 0 Å². The van der Waals surface area contributed by atoms with Crippen LogP contribution in [0.15, 0.2) is 72.5 Å². The van der Waals surface area contributed by atoms with E-state index in [1.54, 1.807) is 61.7 Å². The topological polar surface area (TPSA) is 85.6 Å². The standard InChI is InChI=1S/C25H17NO5/c1-29-22-5-3-2-4-18(22)12-24-25(28)20-11-10-19(13-23(20)31-24)30-15-21(27)17-8-6-16(14-26)7-9-17/h2-13H,15H2,1H3. The van der Waals surface area contributed by atoms with Gasteiger partial charge in [-0.15, -0.1) is 0 Å². The lowest BCUT2D eigenvalue weighted by molar-refractivity contribution is 0.0921. The van der Waals surface area contributed by atoms with Gasteiger partial charge in [-0.2, -0.15) is 5.26 Å². The van der Waals surface area contributed by atoms with E-state index in [1.807, 2.05) is 24.3 Å². The molecule has 1 heterocycles. The minimum absolute atomic E-state index is 0.178. The lowest BCUT2D eigenvalue weighted by Gasteiger charge is -2.07. The van der Waals surface area contributed by atoms with Crippen LogP contribution in [0.3, 0.4) is 0 Å². The van der Waals surface area contributed by atoms with Crippen LogP contribution in [0.5, 0.6) is 17.2 Å². The van der Waals surface area contributed by atoms with Crippen molar-refractivity contribution >= 4 is 17.6 Å². The second-order valence-corrected chi connectivity index (χ2v) is 6.74. The molecule has 0 amide bonds. The van der Waals surface area contributed by atoms with Gasteiger partial charge in [0.2, 0.25) is 5.78 Å². The highest BCUT2D eigenvalue weighted by Gasteiger charge is 2.28. The molecule has 152 valence electrons. The van der Waals surface area contributed by atoms with Gasteiger partial charge in [-0.1, -0.05) is 18.2 Å². The first-order valence-electron chi connectivity index (χ1n) is 9.46. The Morgan fingerprint density at radius 1 is 1.10 bits per heavy atom. The number of hydrogen-bond donors (Lipinski definition) is 0. The van der Waals surface area contributed by atoms with E-state index in [0.717, 1.165) is 5.56 Å². The number of ether oxygens (including phenoxy) is 3. The molecule has 0 radical (unpaired) electrons. The summed E-state index contributed by atoms with van der Waals surface area (Å²) >= 11 is 0. The van der Waals surface area contributed by atoms with Crippen molar-refractivity contribution in [2.45, 2.75) is 0 Å². The molecular formula is C25H17NO5. The van der Waals surface area contributed by atoms with Crippen molar-refractivity contribution in [3.8, 4) is 23.3 Å². The highest BCUT2D eigenvalue weighted by Crippen LogP contribution is 2.35. The highest BCUT2D eigenvalue weighted by molar-refractivity contribution is 6.14. The zero-order valence-corrected chi connectivity index (χ0v) is 16.6. The number of hydrogen-bond acceptors (Lipinski definition) is 6. The number of benzene rings is 3. The number of methoxy groups -OCH3 is 1. The molecule has 0 spiro atoms. The van der Waals surface area contributed by atoms with E-state index in [-0.39, 0.29) is 23.9 Å². The Balaban J connectivity index is 1.47. The fourth-order valence-electron chi connectivity index (χ4n) is 3.15. The van der Waals surface area contributed by atoms with Crippen LogP contribution in [0.4, 0.5) is 0 Å². The number of rotatable bonds is 6. The van der Waals surface area contributed by atoms with Crippen molar-refractivity contribution in [2.75, 3.05) is 13.7 Å². The third-order valence-electron chi connectivity index (χ3n) is 4.77. The van der Waals surface area contributed by atoms with Crippen LogP contribution >= 0.6 is 0 Å². The molecule has 1 aliphatic heterocycles. The molecule has 0 atom stereocenters. The summed E-state index contributed by atoms with van der Waals surface area (Å²) in [6.07, 6.45) is 1.64. The van der Waals surface area contributed by atoms with E-state index in [4.69, 9.17) is 19.5 Å². The summed E-state index contributed by atoms with van der Waals surface area (Å²) in [7, 11) is 1.56. The summed E-state index contributed by atoms with van der Waals surface area (Å²) in [5.74, 6) is 1.14. The first-order chi connectivity index (χ1) is 15.1. The number of fused-ring (bicyclic) bond motifs is 1. The molecule has 3 aromatic rings. The molecule has 0 fully saturated rings. The number of carbonyl (C=O) groups excluding carboxylic acids is 2. The molecule has 0 saturated carbocycles.